The maximum absolute atomic E-state index is 12.3. The van der Waals surface area contributed by atoms with E-state index in [0.717, 1.165) is 24.9 Å². The van der Waals surface area contributed by atoms with Gasteiger partial charge in [0, 0.05) is 12.1 Å². The number of carboxylic acids is 3. The number of likely N-dealkylation sites (tertiary alicyclic amines) is 1. The zero-order valence-corrected chi connectivity index (χ0v) is 16.0. The SMILES string of the molecule is CC=CN1CCCC1C(=O)c1ccccc1.O=C(O)CC(O)(CC(=O)O)C(=O)O. The van der Waals surface area contributed by atoms with Crippen molar-refractivity contribution in [2.45, 2.75) is 44.2 Å². The monoisotopic (exact) mass is 407 g/mol. The van der Waals surface area contributed by atoms with E-state index < -0.39 is 36.4 Å². The van der Waals surface area contributed by atoms with Crippen LogP contribution in [0, 0.1) is 0 Å². The fourth-order valence-electron chi connectivity index (χ4n) is 2.95. The van der Waals surface area contributed by atoms with Gasteiger partial charge >= 0.3 is 17.9 Å². The Morgan fingerprint density at radius 3 is 2.07 bits per heavy atom. The van der Waals surface area contributed by atoms with Crippen molar-refractivity contribution in [3.05, 3.63) is 48.2 Å². The predicted molar refractivity (Wildman–Crippen MR) is 102 cm³/mol. The molecule has 0 aliphatic carbocycles. The van der Waals surface area contributed by atoms with Gasteiger partial charge in [-0.2, -0.15) is 0 Å². The summed E-state index contributed by atoms with van der Waals surface area (Å²) in [7, 11) is 0. The molecule has 2 rings (SSSR count). The quantitative estimate of drug-likeness (QED) is 0.471. The van der Waals surface area contributed by atoms with Gasteiger partial charge < -0.3 is 25.3 Å². The molecule has 1 unspecified atom stereocenters. The van der Waals surface area contributed by atoms with E-state index in [1.54, 1.807) is 0 Å². The standard InChI is InChI=1S/C14H17NO.C6H8O7/c1-2-10-15-11-6-9-13(15)14(16)12-7-4-3-5-8-12;7-3(8)1-6(13,5(11)12)2-4(9)10/h2-5,7-8,10,13H,6,9,11H2,1H3;13H,1-2H2,(H,7,8)(H,9,10)(H,11,12). The van der Waals surface area contributed by atoms with E-state index in [1.165, 1.54) is 0 Å². The van der Waals surface area contributed by atoms with Crippen LogP contribution in [0.5, 0.6) is 0 Å². The number of carbonyl (C=O) groups excluding carboxylic acids is 1. The number of aliphatic carboxylic acids is 3. The Morgan fingerprint density at radius 2 is 1.62 bits per heavy atom. The highest BCUT2D eigenvalue weighted by molar-refractivity contribution is 6.00. The second-order valence-corrected chi connectivity index (χ2v) is 6.59. The lowest BCUT2D eigenvalue weighted by Crippen LogP contribution is -2.42. The van der Waals surface area contributed by atoms with E-state index in [4.69, 9.17) is 20.4 Å². The van der Waals surface area contributed by atoms with Crippen molar-refractivity contribution < 1.29 is 39.6 Å². The highest BCUT2D eigenvalue weighted by atomic mass is 16.4. The summed E-state index contributed by atoms with van der Waals surface area (Å²) in [6, 6.07) is 9.61. The Kier molecular flexibility index (Phi) is 9.01. The van der Waals surface area contributed by atoms with Crippen LogP contribution in [0.4, 0.5) is 0 Å². The average molecular weight is 407 g/mol. The van der Waals surface area contributed by atoms with Crippen LogP contribution in [-0.2, 0) is 14.4 Å². The van der Waals surface area contributed by atoms with Gasteiger partial charge in [-0.25, -0.2) is 4.79 Å². The lowest BCUT2D eigenvalue weighted by atomic mass is 9.96. The van der Waals surface area contributed by atoms with Crippen LogP contribution in [0.25, 0.3) is 0 Å². The van der Waals surface area contributed by atoms with E-state index in [9.17, 15) is 19.2 Å². The van der Waals surface area contributed by atoms with Crippen LogP contribution in [-0.4, -0.2) is 67.2 Å². The number of rotatable bonds is 8. The molecule has 9 nitrogen and oxygen atoms in total. The predicted octanol–water partition coefficient (Wildman–Crippen LogP) is 1.62. The highest BCUT2D eigenvalue weighted by Crippen LogP contribution is 2.21. The van der Waals surface area contributed by atoms with E-state index >= 15 is 0 Å². The Bertz CT molecular complexity index is 743. The molecule has 1 aromatic carbocycles. The van der Waals surface area contributed by atoms with E-state index in [-0.39, 0.29) is 11.8 Å². The molecule has 4 N–H and O–H groups in total. The molecule has 0 bridgehead atoms. The molecule has 0 saturated carbocycles. The van der Waals surface area contributed by atoms with Crippen molar-refractivity contribution >= 4 is 23.7 Å². The Morgan fingerprint density at radius 1 is 1.07 bits per heavy atom. The minimum absolute atomic E-state index is 0.0404. The van der Waals surface area contributed by atoms with Gasteiger partial charge in [-0.3, -0.25) is 14.4 Å². The Hall–Kier alpha value is -3.20. The number of allylic oxidation sites excluding steroid dienone is 1. The largest absolute Gasteiger partial charge is 0.481 e. The molecule has 0 amide bonds. The van der Waals surface area contributed by atoms with Crippen molar-refractivity contribution in [2.24, 2.45) is 0 Å². The van der Waals surface area contributed by atoms with E-state index in [1.807, 2.05) is 49.5 Å². The van der Waals surface area contributed by atoms with Crippen LogP contribution in [0.1, 0.15) is 43.0 Å². The maximum atomic E-state index is 12.3. The number of ketones is 1. The average Bonchev–Trinajstić information content (AvgIpc) is 3.09. The van der Waals surface area contributed by atoms with Gasteiger partial charge in [0.15, 0.2) is 11.4 Å². The molecule has 1 fully saturated rings. The topological polar surface area (TPSA) is 152 Å². The molecule has 29 heavy (non-hydrogen) atoms. The van der Waals surface area contributed by atoms with Crippen LogP contribution >= 0.6 is 0 Å². The number of nitrogens with zero attached hydrogens (tertiary/aromatic N) is 1. The van der Waals surface area contributed by atoms with Gasteiger partial charge in [0.1, 0.15) is 0 Å². The minimum Gasteiger partial charge on any atom is -0.481 e. The fraction of sp³-hybridized carbons (Fsp3) is 0.400. The van der Waals surface area contributed by atoms with Crippen LogP contribution in [0.15, 0.2) is 42.6 Å². The number of hydrogen-bond acceptors (Lipinski definition) is 6. The van der Waals surface area contributed by atoms with Crippen LogP contribution in [0.3, 0.4) is 0 Å². The molecule has 1 atom stereocenters. The first-order chi connectivity index (χ1) is 13.6. The highest BCUT2D eigenvalue weighted by Gasteiger charge is 2.40. The van der Waals surface area contributed by atoms with Crippen molar-refractivity contribution in [3.8, 4) is 0 Å². The number of hydrogen-bond donors (Lipinski definition) is 4. The molecule has 158 valence electrons. The second-order valence-electron chi connectivity index (χ2n) is 6.59. The molecule has 1 aliphatic rings. The summed E-state index contributed by atoms with van der Waals surface area (Å²) in [5.74, 6) is -4.77. The molecule has 1 heterocycles. The number of carboxylic acid groups (broad SMARTS) is 3. The first-order valence-corrected chi connectivity index (χ1v) is 8.98. The number of Topliss-reactive ketones (excluding diaryl/α,β-unsaturated/α-hetero) is 1. The van der Waals surface area contributed by atoms with Gasteiger partial charge in [-0.1, -0.05) is 36.4 Å². The molecule has 0 spiro atoms. The summed E-state index contributed by atoms with van der Waals surface area (Å²) in [5.41, 5.74) is -1.92. The maximum Gasteiger partial charge on any atom is 0.336 e. The molecular formula is C20H25NO8. The summed E-state index contributed by atoms with van der Waals surface area (Å²) in [6.45, 7) is 2.98. The van der Waals surface area contributed by atoms with E-state index in [0.29, 0.717) is 0 Å². The van der Waals surface area contributed by atoms with Crippen molar-refractivity contribution in [1.29, 1.82) is 0 Å². The third-order valence-corrected chi connectivity index (χ3v) is 4.28. The fourth-order valence-corrected chi connectivity index (χ4v) is 2.95. The lowest BCUT2D eigenvalue weighted by molar-refractivity contribution is -0.170. The number of benzene rings is 1. The summed E-state index contributed by atoms with van der Waals surface area (Å²) in [4.78, 5) is 44.9. The van der Waals surface area contributed by atoms with Gasteiger partial charge in [-0.15, -0.1) is 0 Å². The zero-order chi connectivity index (χ0) is 22.0. The Labute approximate surface area is 167 Å². The lowest BCUT2D eigenvalue weighted by Gasteiger charge is -2.21. The molecule has 1 aliphatic heterocycles. The minimum atomic E-state index is -2.74. The van der Waals surface area contributed by atoms with Crippen molar-refractivity contribution in [2.75, 3.05) is 6.54 Å². The molecule has 1 aromatic rings. The summed E-state index contributed by atoms with van der Waals surface area (Å²) in [6.07, 6.45) is 3.81. The third kappa shape index (κ3) is 7.38. The van der Waals surface area contributed by atoms with Gasteiger partial charge in [0.05, 0.1) is 18.9 Å². The molecule has 0 aromatic heterocycles. The third-order valence-electron chi connectivity index (χ3n) is 4.28. The Balaban J connectivity index is 0.000000298. The van der Waals surface area contributed by atoms with Gasteiger partial charge in [-0.05, 0) is 26.0 Å². The first-order valence-electron chi connectivity index (χ1n) is 8.98. The van der Waals surface area contributed by atoms with Gasteiger partial charge in [0.25, 0.3) is 0 Å². The normalized spacial score (nSPS) is 16.2. The number of carbonyl (C=O) groups is 4. The summed E-state index contributed by atoms with van der Waals surface area (Å²) in [5, 5.41) is 33.8. The van der Waals surface area contributed by atoms with Crippen LogP contribution in [0.2, 0.25) is 0 Å². The zero-order valence-electron chi connectivity index (χ0n) is 16.0. The second kappa shape index (κ2) is 11.0. The summed E-state index contributed by atoms with van der Waals surface area (Å²) < 4.78 is 0. The number of aliphatic hydroxyl groups is 1. The molecule has 1 saturated heterocycles. The van der Waals surface area contributed by atoms with E-state index in [2.05, 4.69) is 4.90 Å². The molecule has 9 heteroatoms. The smallest absolute Gasteiger partial charge is 0.336 e. The summed E-state index contributed by atoms with van der Waals surface area (Å²) >= 11 is 0. The van der Waals surface area contributed by atoms with Crippen LogP contribution < -0.4 is 0 Å². The molecule has 0 radical (unpaired) electrons. The van der Waals surface area contributed by atoms with Gasteiger partial charge in [0.2, 0.25) is 0 Å². The van der Waals surface area contributed by atoms with Crippen molar-refractivity contribution in [1.82, 2.24) is 4.90 Å². The molecular weight excluding hydrogens is 382 g/mol. The van der Waals surface area contributed by atoms with Crippen molar-refractivity contribution in [3.63, 3.8) is 0 Å². The first kappa shape index (κ1) is 23.8.